The molecule has 3 nitrogen and oxygen atoms in total. The topological polar surface area (TPSA) is 54.7 Å². The number of aromatic amines is 1. The zero-order chi connectivity index (χ0) is 13.9. The van der Waals surface area contributed by atoms with Gasteiger partial charge in [0.25, 0.3) is 0 Å². The van der Waals surface area contributed by atoms with Crippen molar-refractivity contribution in [3.63, 3.8) is 0 Å². The summed E-state index contributed by atoms with van der Waals surface area (Å²) in [7, 11) is 0. The summed E-state index contributed by atoms with van der Waals surface area (Å²) in [6.07, 6.45) is 0. The van der Waals surface area contributed by atoms with Gasteiger partial charge in [-0.25, -0.2) is 4.98 Å². The standard InChI is InChI=1S/C15H14ClN3S/c16-12-7-10(8-17)5-6-11(12)9-20-15-18-13-3-1-2-4-14(13)19-15/h1-7H,8-9,17H2,(H,18,19). The van der Waals surface area contributed by atoms with E-state index in [0.29, 0.717) is 6.54 Å². The monoisotopic (exact) mass is 303 g/mol. The maximum Gasteiger partial charge on any atom is 0.166 e. The van der Waals surface area contributed by atoms with Gasteiger partial charge in [-0.05, 0) is 29.3 Å². The highest BCUT2D eigenvalue weighted by atomic mass is 35.5. The van der Waals surface area contributed by atoms with Crippen molar-refractivity contribution in [2.75, 3.05) is 0 Å². The molecule has 3 aromatic rings. The molecule has 2 aromatic carbocycles. The Bertz CT molecular complexity index is 706. The first kappa shape index (κ1) is 13.5. The zero-order valence-corrected chi connectivity index (χ0v) is 12.3. The Hall–Kier alpha value is -1.49. The Balaban J connectivity index is 1.75. The van der Waals surface area contributed by atoms with Crippen molar-refractivity contribution in [3.8, 4) is 0 Å². The Morgan fingerprint density at radius 2 is 2.05 bits per heavy atom. The average molecular weight is 304 g/mol. The number of para-hydroxylation sites is 2. The molecule has 0 aliphatic heterocycles. The SMILES string of the molecule is NCc1ccc(CSc2nc3ccccc3[nH]2)c(Cl)c1. The summed E-state index contributed by atoms with van der Waals surface area (Å²) in [5.74, 6) is 0.781. The summed E-state index contributed by atoms with van der Waals surface area (Å²) in [5, 5.41) is 1.67. The second-order valence-electron chi connectivity index (χ2n) is 4.48. The van der Waals surface area contributed by atoms with E-state index in [9.17, 15) is 0 Å². The van der Waals surface area contributed by atoms with Crippen molar-refractivity contribution in [1.29, 1.82) is 0 Å². The van der Waals surface area contributed by atoms with E-state index in [0.717, 1.165) is 38.1 Å². The minimum Gasteiger partial charge on any atom is -0.333 e. The molecule has 0 saturated carbocycles. The maximum atomic E-state index is 6.25. The van der Waals surface area contributed by atoms with Crippen molar-refractivity contribution >= 4 is 34.4 Å². The predicted molar refractivity (Wildman–Crippen MR) is 85.0 cm³/mol. The van der Waals surface area contributed by atoms with Crippen molar-refractivity contribution in [2.45, 2.75) is 17.5 Å². The van der Waals surface area contributed by atoms with Crippen LogP contribution in [0.15, 0.2) is 47.6 Å². The van der Waals surface area contributed by atoms with Crippen LogP contribution in [0.25, 0.3) is 11.0 Å². The van der Waals surface area contributed by atoms with Gasteiger partial charge in [0, 0.05) is 17.3 Å². The van der Waals surface area contributed by atoms with Crippen LogP contribution in [0, 0.1) is 0 Å². The lowest BCUT2D eigenvalue weighted by Crippen LogP contribution is -1.96. The molecule has 5 heteroatoms. The molecule has 0 bridgehead atoms. The van der Waals surface area contributed by atoms with Crippen molar-refractivity contribution < 1.29 is 0 Å². The van der Waals surface area contributed by atoms with Crippen LogP contribution in [-0.4, -0.2) is 9.97 Å². The highest BCUT2D eigenvalue weighted by molar-refractivity contribution is 7.98. The Labute approximate surface area is 126 Å². The molecule has 3 N–H and O–H groups in total. The molecule has 0 aliphatic carbocycles. The number of hydrogen-bond donors (Lipinski definition) is 2. The van der Waals surface area contributed by atoms with Crippen molar-refractivity contribution in [1.82, 2.24) is 9.97 Å². The van der Waals surface area contributed by atoms with Crippen LogP contribution in [0.1, 0.15) is 11.1 Å². The van der Waals surface area contributed by atoms with Crippen LogP contribution in [-0.2, 0) is 12.3 Å². The van der Waals surface area contributed by atoms with Gasteiger partial charge >= 0.3 is 0 Å². The number of hydrogen-bond acceptors (Lipinski definition) is 3. The molecule has 20 heavy (non-hydrogen) atoms. The van der Waals surface area contributed by atoms with E-state index in [1.807, 2.05) is 42.5 Å². The molecule has 0 atom stereocenters. The lowest BCUT2D eigenvalue weighted by Gasteiger charge is -2.04. The lowest BCUT2D eigenvalue weighted by atomic mass is 10.1. The summed E-state index contributed by atoms with van der Waals surface area (Å²) in [6.45, 7) is 0.511. The molecular formula is C15H14ClN3S. The van der Waals surface area contributed by atoms with Crippen LogP contribution in [0.2, 0.25) is 5.02 Å². The zero-order valence-electron chi connectivity index (χ0n) is 10.8. The van der Waals surface area contributed by atoms with Gasteiger partial charge in [0.1, 0.15) is 0 Å². The van der Waals surface area contributed by atoms with Gasteiger partial charge in [0.05, 0.1) is 11.0 Å². The minimum atomic E-state index is 0.511. The molecule has 0 saturated heterocycles. The summed E-state index contributed by atoms with van der Waals surface area (Å²) >= 11 is 7.90. The number of nitrogens with zero attached hydrogens (tertiary/aromatic N) is 1. The quantitative estimate of drug-likeness (QED) is 0.717. The molecule has 3 rings (SSSR count). The van der Waals surface area contributed by atoms with E-state index in [2.05, 4.69) is 9.97 Å². The van der Waals surface area contributed by atoms with Crippen LogP contribution >= 0.6 is 23.4 Å². The smallest absolute Gasteiger partial charge is 0.166 e. The number of halogens is 1. The van der Waals surface area contributed by atoms with Gasteiger partial charge in [-0.1, -0.05) is 47.6 Å². The fourth-order valence-corrected chi connectivity index (χ4v) is 3.22. The molecule has 1 aromatic heterocycles. The summed E-state index contributed by atoms with van der Waals surface area (Å²) in [4.78, 5) is 7.83. The van der Waals surface area contributed by atoms with Crippen LogP contribution < -0.4 is 5.73 Å². The predicted octanol–water partition coefficient (Wildman–Crippen LogP) is 3.97. The third-order valence-corrected chi connectivity index (χ3v) is 4.36. The summed E-state index contributed by atoms with van der Waals surface area (Å²) in [5.41, 5.74) is 9.78. The first-order valence-corrected chi connectivity index (χ1v) is 7.67. The Morgan fingerprint density at radius 3 is 2.80 bits per heavy atom. The van der Waals surface area contributed by atoms with Gasteiger partial charge in [-0.15, -0.1) is 0 Å². The van der Waals surface area contributed by atoms with Gasteiger partial charge in [0.2, 0.25) is 0 Å². The average Bonchev–Trinajstić information content (AvgIpc) is 2.88. The normalized spacial score (nSPS) is 11.1. The Morgan fingerprint density at radius 1 is 1.20 bits per heavy atom. The molecule has 102 valence electrons. The first-order chi connectivity index (χ1) is 9.76. The molecule has 0 fully saturated rings. The van der Waals surface area contributed by atoms with E-state index in [4.69, 9.17) is 17.3 Å². The van der Waals surface area contributed by atoms with Crippen LogP contribution in [0.4, 0.5) is 0 Å². The number of benzene rings is 2. The summed E-state index contributed by atoms with van der Waals surface area (Å²) < 4.78 is 0. The summed E-state index contributed by atoms with van der Waals surface area (Å²) in [6, 6.07) is 14.0. The van der Waals surface area contributed by atoms with E-state index < -0.39 is 0 Å². The highest BCUT2D eigenvalue weighted by Gasteiger charge is 2.06. The highest BCUT2D eigenvalue weighted by Crippen LogP contribution is 2.27. The number of imidazole rings is 1. The van der Waals surface area contributed by atoms with Crippen molar-refractivity contribution in [3.05, 3.63) is 58.6 Å². The van der Waals surface area contributed by atoms with E-state index in [1.54, 1.807) is 11.8 Å². The molecule has 0 radical (unpaired) electrons. The second kappa shape index (κ2) is 5.87. The molecular weight excluding hydrogens is 290 g/mol. The van der Waals surface area contributed by atoms with E-state index >= 15 is 0 Å². The van der Waals surface area contributed by atoms with Gasteiger partial charge in [0.15, 0.2) is 5.16 Å². The number of thioether (sulfide) groups is 1. The number of fused-ring (bicyclic) bond motifs is 1. The van der Waals surface area contributed by atoms with E-state index in [1.165, 1.54) is 0 Å². The lowest BCUT2D eigenvalue weighted by molar-refractivity contribution is 1.06. The van der Waals surface area contributed by atoms with Gasteiger partial charge in [-0.2, -0.15) is 0 Å². The molecule has 0 unspecified atom stereocenters. The fraction of sp³-hybridized carbons (Fsp3) is 0.133. The van der Waals surface area contributed by atoms with Crippen LogP contribution in [0.3, 0.4) is 0 Å². The first-order valence-electron chi connectivity index (χ1n) is 6.31. The number of aromatic nitrogens is 2. The maximum absolute atomic E-state index is 6.25. The third kappa shape index (κ3) is 2.82. The third-order valence-electron chi connectivity index (χ3n) is 3.09. The number of nitrogens with one attached hydrogen (secondary N) is 1. The van der Waals surface area contributed by atoms with Gasteiger partial charge < -0.3 is 10.7 Å². The van der Waals surface area contributed by atoms with Crippen LogP contribution in [0.5, 0.6) is 0 Å². The molecule has 0 amide bonds. The second-order valence-corrected chi connectivity index (χ2v) is 5.85. The largest absolute Gasteiger partial charge is 0.333 e. The van der Waals surface area contributed by atoms with Crippen molar-refractivity contribution in [2.24, 2.45) is 5.73 Å². The minimum absolute atomic E-state index is 0.511. The Kier molecular flexibility index (Phi) is 3.96. The van der Waals surface area contributed by atoms with Gasteiger partial charge in [-0.3, -0.25) is 0 Å². The molecule has 0 aliphatic rings. The number of H-pyrrole nitrogens is 1. The number of rotatable bonds is 4. The molecule has 1 heterocycles. The fourth-order valence-electron chi connectivity index (χ4n) is 1.98. The van der Waals surface area contributed by atoms with E-state index in [-0.39, 0.29) is 0 Å². The number of nitrogens with two attached hydrogens (primary N) is 1. The molecule has 0 spiro atoms.